The quantitative estimate of drug-likeness (QED) is 0.0615. The van der Waals surface area contributed by atoms with E-state index in [1.165, 1.54) is 66.4 Å². The highest BCUT2D eigenvalue weighted by atomic mass is 79.9. The number of fused-ring (bicyclic) bond motifs is 1. The molecule has 0 radical (unpaired) electrons. The number of sulfonamides is 1. The first-order chi connectivity index (χ1) is 17.5. The average molecular weight is 642 g/mol. The molecule has 0 unspecified atom stereocenters. The molecule has 0 aliphatic carbocycles. The summed E-state index contributed by atoms with van der Waals surface area (Å²) in [6.07, 6.45) is 3.53. The van der Waals surface area contributed by atoms with Crippen molar-refractivity contribution in [3.05, 3.63) is 73.1 Å². The van der Waals surface area contributed by atoms with Gasteiger partial charge in [-0.2, -0.15) is 13.5 Å². The van der Waals surface area contributed by atoms with Gasteiger partial charge in [-0.05, 0) is 64.6 Å². The van der Waals surface area contributed by atoms with Crippen LogP contribution in [-0.4, -0.2) is 43.8 Å². The second-order valence-corrected chi connectivity index (χ2v) is 12.0. The summed E-state index contributed by atoms with van der Waals surface area (Å²) in [5.74, 6) is 0.313. The number of halogens is 1. The molecule has 0 atom stereocenters. The summed E-state index contributed by atoms with van der Waals surface area (Å²) in [7, 11) is -6.26. The number of nitrogens with zero attached hydrogens (tertiary/aromatic N) is 4. The van der Waals surface area contributed by atoms with E-state index in [-0.39, 0.29) is 44.8 Å². The number of rotatable bonds is 9. The maximum Gasteiger partial charge on any atom is 0.358 e. The van der Waals surface area contributed by atoms with E-state index in [9.17, 15) is 26.5 Å². The number of aromatic hydroxyl groups is 1. The van der Waals surface area contributed by atoms with Crippen molar-refractivity contribution in [3.63, 3.8) is 0 Å². The lowest BCUT2D eigenvalue weighted by molar-refractivity contribution is -0.713. The minimum atomic E-state index is -4.39. The summed E-state index contributed by atoms with van der Waals surface area (Å²) < 4.78 is 61.6. The average Bonchev–Trinajstić information content (AvgIpc) is 2.86. The summed E-state index contributed by atoms with van der Waals surface area (Å²) in [6.45, 7) is 0.213. The number of hydrogen-bond acceptors (Lipinski definition) is 9. The molecule has 1 heterocycles. The Kier molecular flexibility index (Phi) is 9.56. The van der Waals surface area contributed by atoms with Crippen LogP contribution in [-0.2, 0) is 27.2 Å². The zero-order valence-corrected chi connectivity index (χ0v) is 24.0. The standard InChI is InChI=1S/C23H21N5O6S3.BrH/c1-28-13-2-11-24-23(28)35-14-12-25-36(30,31)18-6-4-17(5-7-18)26-27-22-20-9-8-19(37(32,33)34)15-16(20)3-10-21(22)29;/h2-11,13,15,25H,12,14H2,1H3,(H-,26,29,32,33,34);1H/p+1. The molecule has 0 aliphatic heterocycles. The summed E-state index contributed by atoms with van der Waals surface area (Å²) in [5.41, 5.74) is 0.430. The fourth-order valence-corrected chi connectivity index (χ4v) is 5.78. The van der Waals surface area contributed by atoms with Crippen molar-refractivity contribution < 1.29 is 31.1 Å². The molecule has 4 aromatic rings. The molecule has 3 N–H and O–H groups in total. The van der Waals surface area contributed by atoms with Gasteiger partial charge in [-0.3, -0.25) is 4.55 Å². The number of phenolic OH excluding ortho intramolecular Hbond substituents is 1. The van der Waals surface area contributed by atoms with E-state index in [2.05, 4.69) is 19.9 Å². The lowest BCUT2D eigenvalue weighted by Gasteiger charge is -2.07. The fraction of sp³-hybridized carbons (Fsp3) is 0.130. The van der Waals surface area contributed by atoms with Crippen molar-refractivity contribution >= 4 is 71.0 Å². The first-order valence-corrected chi connectivity index (χ1v) is 14.6. The van der Waals surface area contributed by atoms with Gasteiger partial charge in [0, 0.05) is 23.8 Å². The predicted molar refractivity (Wildman–Crippen MR) is 148 cm³/mol. The van der Waals surface area contributed by atoms with Gasteiger partial charge in [-0.25, -0.2) is 17.7 Å². The van der Waals surface area contributed by atoms with E-state index in [1.807, 2.05) is 23.9 Å². The van der Waals surface area contributed by atoms with Crippen molar-refractivity contribution in [2.45, 2.75) is 14.9 Å². The third-order valence-corrected chi connectivity index (χ3v) is 8.55. The van der Waals surface area contributed by atoms with Gasteiger partial charge in [0.1, 0.15) is 17.6 Å². The van der Waals surface area contributed by atoms with Crippen LogP contribution < -0.4 is 9.29 Å². The highest BCUT2D eigenvalue weighted by molar-refractivity contribution is 8.93. The Morgan fingerprint density at radius 2 is 1.71 bits per heavy atom. The summed E-state index contributed by atoms with van der Waals surface area (Å²) in [6, 6.07) is 14.2. The Hall–Kier alpha value is -2.95. The number of hydrogen-bond donors (Lipinski definition) is 3. The lowest BCUT2D eigenvalue weighted by Crippen LogP contribution is -2.32. The third-order valence-electron chi connectivity index (χ3n) is 5.16. The van der Waals surface area contributed by atoms with Crippen LogP contribution in [0, 0.1) is 0 Å². The molecule has 3 aromatic carbocycles. The van der Waals surface area contributed by atoms with Crippen LogP contribution in [0.1, 0.15) is 0 Å². The number of azo groups is 1. The minimum absolute atomic E-state index is 0. The molecule has 11 nitrogen and oxygen atoms in total. The van der Waals surface area contributed by atoms with Gasteiger partial charge in [0.05, 0.1) is 28.7 Å². The molecule has 0 aliphatic rings. The Morgan fingerprint density at radius 3 is 2.39 bits per heavy atom. The van der Waals surface area contributed by atoms with Crippen molar-refractivity contribution in [2.24, 2.45) is 17.3 Å². The Balaban J connectivity index is 0.00000400. The second-order valence-electron chi connectivity index (χ2n) is 7.74. The Bertz CT molecular complexity index is 1700. The van der Waals surface area contributed by atoms with E-state index in [4.69, 9.17) is 0 Å². The Labute approximate surface area is 234 Å². The maximum atomic E-state index is 12.6. The molecule has 1 aromatic heterocycles. The molecular formula is C23H23BrN5O6S3+. The van der Waals surface area contributed by atoms with E-state index in [0.29, 0.717) is 22.2 Å². The molecule has 0 bridgehead atoms. The van der Waals surface area contributed by atoms with Crippen LogP contribution in [0.25, 0.3) is 10.8 Å². The zero-order valence-electron chi connectivity index (χ0n) is 19.8. The zero-order chi connectivity index (χ0) is 26.6. The largest absolute Gasteiger partial charge is 0.506 e. The molecule has 0 spiro atoms. The SMILES string of the molecule is Br.C[n+]1cccnc1SCCNS(=O)(=O)c1ccc(N=Nc2c(O)ccc3cc(S(=O)(=O)O)ccc23)cc1. The van der Waals surface area contributed by atoms with Crippen LogP contribution in [0.3, 0.4) is 0 Å². The van der Waals surface area contributed by atoms with E-state index in [0.717, 1.165) is 5.16 Å². The molecule has 0 saturated heterocycles. The highest BCUT2D eigenvalue weighted by Gasteiger charge is 2.16. The number of aryl methyl sites for hydroxylation is 1. The molecule has 4 rings (SSSR count). The molecule has 0 amide bonds. The monoisotopic (exact) mass is 640 g/mol. The lowest BCUT2D eigenvalue weighted by atomic mass is 10.1. The van der Waals surface area contributed by atoms with Crippen LogP contribution in [0.15, 0.2) is 98.2 Å². The van der Waals surface area contributed by atoms with Gasteiger partial charge in [0.25, 0.3) is 10.1 Å². The van der Waals surface area contributed by atoms with Gasteiger partial charge < -0.3 is 5.11 Å². The number of benzene rings is 3. The molecule has 38 heavy (non-hydrogen) atoms. The van der Waals surface area contributed by atoms with Gasteiger partial charge in [-0.1, -0.05) is 12.1 Å². The summed E-state index contributed by atoms with van der Waals surface area (Å²) in [4.78, 5) is 4.01. The van der Waals surface area contributed by atoms with Gasteiger partial charge in [0.15, 0.2) is 0 Å². The summed E-state index contributed by atoms with van der Waals surface area (Å²) in [5, 5.41) is 20.0. The third kappa shape index (κ3) is 7.12. The Morgan fingerprint density at radius 1 is 1.00 bits per heavy atom. The second kappa shape index (κ2) is 12.3. The number of aromatic nitrogens is 2. The molecule has 0 fully saturated rings. The minimum Gasteiger partial charge on any atom is -0.506 e. The van der Waals surface area contributed by atoms with Crippen molar-refractivity contribution in [1.82, 2.24) is 9.71 Å². The number of thioether (sulfide) groups is 1. The number of phenols is 1. The van der Waals surface area contributed by atoms with Crippen LogP contribution >= 0.6 is 28.7 Å². The van der Waals surface area contributed by atoms with Crippen molar-refractivity contribution in [2.75, 3.05) is 12.3 Å². The van der Waals surface area contributed by atoms with Crippen LogP contribution in [0.5, 0.6) is 5.75 Å². The van der Waals surface area contributed by atoms with Gasteiger partial charge >= 0.3 is 5.16 Å². The topological polar surface area (TPSA) is 162 Å². The first kappa shape index (κ1) is 29.6. The molecule has 200 valence electrons. The van der Waals surface area contributed by atoms with E-state index in [1.54, 1.807) is 6.20 Å². The highest BCUT2D eigenvalue weighted by Crippen LogP contribution is 2.37. The van der Waals surface area contributed by atoms with E-state index < -0.39 is 20.1 Å². The maximum absolute atomic E-state index is 12.6. The number of nitrogens with one attached hydrogen (secondary N) is 1. The fourth-order valence-electron chi connectivity index (χ4n) is 3.32. The smallest absolute Gasteiger partial charge is 0.358 e. The van der Waals surface area contributed by atoms with Crippen LogP contribution in [0.2, 0.25) is 0 Å². The van der Waals surface area contributed by atoms with Crippen molar-refractivity contribution in [3.8, 4) is 5.75 Å². The predicted octanol–water partition coefficient (Wildman–Crippen LogP) is 4.08. The normalized spacial score (nSPS) is 12.1. The van der Waals surface area contributed by atoms with Crippen LogP contribution in [0.4, 0.5) is 11.4 Å². The molecule has 0 saturated carbocycles. The molecule has 15 heteroatoms. The first-order valence-electron chi connectivity index (χ1n) is 10.7. The van der Waals surface area contributed by atoms with E-state index >= 15 is 0 Å². The summed E-state index contributed by atoms with van der Waals surface area (Å²) >= 11 is 1.43. The van der Waals surface area contributed by atoms with Gasteiger partial charge in [0.2, 0.25) is 10.0 Å². The molecular weight excluding hydrogens is 618 g/mol. The van der Waals surface area contributed by atoms with Gasteiger partial charge in [-0.15, -0.1) is 22.1 Å². The van der Waals surface area contributed by atoms with Crippen molar-refractivity contribution in [1.29, 1.82) is 0 Å².